The molecule has 1 saturated heterocycles. The van der Waals surface area contributed by atoms with E-state index in [1.807, 2.05) is 0 Å². The van der Waals surface area contributed by atoms with Gasteiger partial charge in [-0.05, 0) is 43.5 Å². The van der Waals surface area contributed by atoms with Gasteiger partial charge in [-0.2, -0.15) is 13.2 Å². The summed E-state index contributed by atoms with van der Waals surface area (Å²) >= 11 is 0. The minimum atomic E-state index is -4.39. The third-order valence-electron chi connectivity index (χ3n) is 4.97. The van der Waals surface area contributed by atoms with Crippen molar-refractivity contribution in [2.75, 3.05) is 26.2 Å². The Labute approximate surface area is 138 Å². The smallest absolute Gasteiger partial charge is 0.391 e. The number of hydrogen-bond acceptors (Lipinski definition) is 3. The van der Waals surface area contributed by atoms with Gasteiger partial charge in [-0.3, -0.25) is 9.69 Å². The van der Waals surface area contributed by atoms with Crippen LogP contribution < -0.4 is 0 Å². The summed E-state index contributed by atoms with van der Waals surface area (Å²) in [5, 5.41) is 9.97. The minimum absolute atomic E-state index is 0.174. The topological polar surface area (TPSA) is 43.8 Å². The maximum absolute atomic E-state index is 12.6. The molecule has 0 radical (unpaired) electrons. The molecule has 2 atom stereocenters. The molecule has 1 heterocycles. The fraction of sp³-hybridized carbons (Fsp3) is 0.588. The van der Waals surface area contributed by atoms with Gasteiger partial charge in [0, 0.05) is 37.8 Å². The van der Waals surface area contributed by atoms with Crippen LogP contribution in [0.4, 0.5) is 13.2 Å². The number of alkyl halides is 3. The summed E-state index contributed by atoms with van der Waals surface area (Å²) in [6.07, 6.45) is -1.85. The highest BCUT2D eigenvalue weighted by Gasteiger charge is 2.34. The third-order valence-corrected chi connectivity index (χ3v) is 4.97. The predicted octanol–water partition coefficient (Wildman–Crippen LogP) is 2.38. The quantitative estimate of drug-likeness (QED) is 0.897. The molecule has 1 aliphatic heterocycles. The maximum Gasteiger partial charge on any atom is 0.416 e. The molecule has 0 bridgehead atoms. The van der Waals surface area contributed by atoms with Crippen molar-refractivity contribution in [3.05, 3.63) is 35.4 Å². The number of hydrogen-bond donors (Lipinski definition) is 1. The van der Waals surface area contributed by atoms with Crippen LogP contribution in [-0.4, -0.2) is 59.1 Å². The molecular formula is C17H21F3N2O2. The van der Waals surface area contributed by atoms with Crippen LogP contribution in [0.3, 0.4) is 0 Å². The van der Waals surface area contributed by atoms with E-state index in [0.29, 0.717) is 26.2 Å². The fourth-order valence-corrected chi connectivity index (χ4v) is 3.59. The first-order valence-corrected chi connectivity index (χ1v) is 8.25. The molecule has 1 saturated carbocycles. The first kappa shape index (κ1) is 17.2. The number of piperazine rings is 1. The maximum atomic E-state index is 12.6. The number of halogens is 3. The van der Waals surface area contributed by atoms with Crippen molar-refractivity contribution in [1.82, 2.24) is 9.80 Å². The second-order valence-corrected chi connectivity index (χ2v) is 6.47. The van der Waals surface area contributed by atoms with Crippen molar-refractivity contribution >= 4 is 5.91 Å². The Hall–Kier alpha value is -1.60. The molecule has 132 valence electrons. The molecule has 1 aromatic rings. The van der Waals surface area contributed by atoms with Crippen LogP contribution in [0, 0.1) is 0 Å². The first-order valence-electron chi connectivity index (χ1n) is 8.25. The van der Waals surface area contributed by atoms with Gasteiger partial charge < -0.3 is 10.0 Å². The van der Waals surface area contributed by atoms with Gasteiger partial charge in [-0.25, -0.2) is 0 Å². The average Bonchev–Trinajstić information content (AvgIpc) is 3.00. The van der Waals surface area contributed by atoms with Crippen LogP contribution in [0.2, 0.25) is 0 Å². The third kappa shape index (κ3) is 3.57. The number of carbonyl (C=O) groups is 1. The lowest BCUT2D eigenvalue weighted by Crippen LogP contribution is -2.53. The molecule has 1 aromatic carbocycles. The number of benzene rings is 1. The molecule has 3 rings (SSSR count). The largest absolute Gasteiger partial charge is 0.416 e. The summed E-state index contributed by atoms with van der Waals surface area (Å²) in [4.78, 5) is 16.3. The van der Waals surface area contributed by atoms with Gasteiger partial charge in [0.2, 0.25) is 0 Å². The van der Waals surface area contributed by atoms with Crippen molar-refractivity contribution in [2.45, 2.75) is 37.6 Å². The van der Waals surface area contributed by atoms with E-state index >= 15 is 0 Å². The molecule has 7 heteroatoms. The van der Waals surface area contributed by atoms with E-state index in [9.17, 15) is 23.1 Å². The van der Waals surface area contributed by atoms with E-state index < -0.39 is 11.7 Å². The summed E-state index contributed by atoms with van der Waals surface area (Å²) in [7, 11) is 0. The molecule has 1 aliphatic carbocycles. The lowest BCUT2D eigenvalue weighted by molar-refractivity contribution is -0.137. The number of carbonyl (C=O) groups excluding carboxylic acids is 1. The van der Waals surface area contributed by atoms with E-state index in [0.717, 1.165) is 31.4 Å². The van der Waals surface area contributed by atoms with Gasteiger partial charge in [0.05, 0.1) is 11.7 Å². The average molecular weight is 342 g/mol. The lowest BCUT2D eigenvalue weighted by atomic mass is 10.1. The highest BCUT2D eigenvalue weighted by molar-refractivity contribution is 5.94. The number of amides is 1. The van der Waals surface area contributed by atoms with Crippen molar-refractivity contribution in [3.8, 4) is 0 Å². The Kier molecular flexibility index (Phi) is 4.83. The Morgan fingerprint density at radius 3 is 2.17 bits per heavy atom. The van der Waals surface area contributed by atoms with E-state index in [1.54, 1.807) is 4.90 Å². The monoisotopic (exact) mass is 342 g/mol. The Bertz CT molecular complexity index is 580. The molecule has 2 aliphatic rings. The van der Waals surface area contributed by atoms with Crippen LogP contribution in [-0.2, 0) is 6.18 Å². The van der Waals surface area contributed by atoms with E-state index in [-0.39, 0.29) is 23.6 Å². The Morgan fingerprint density at radius 1 is 1.04 bits per heavy atom. The molecular weight excluding hydrogens is 321 g/mol. The standard InChI is InChI=1S/C17H21F3N2O2/c18-17(19,20)13-6-4-12(5-7-13)16(24)22-10-8-21(9-11-22)14-2-1-3-15(14)23/h4-7,14-15,23H,1-3,8-11H2/t14-,15+/m0/s1. The zero-order valence-electron chi connectivity index (χ0n) is 13.3. The van der Waals surface area contributed by atoms with Gasteiger partial charge in [-0.15, -0.1) is 0 Å². The summed E-state index contributed by atoms with van der Waals surface area (Å²) in [5.41, 5.74) is -0.476. The first-order chi connectivity index (χ1) is 11.4. The van der Waals surface area contributed by atoms with E-state index in [4.69, 9.17) is 0 Å². The van der Waals surface area contributed by atoms with Crippen molar-refractivity contribution in [1.29, 1.82) is 0 Å². The number of aliphatic hydroxyl groups is 1. The fourth-order valence-electron chi connectivity index (χ4n) is 3.59. The zero-order chi connectivity index (χ0) is 17.3. The predicted molar refractivity (Wildman–Crippen MR) is 82.6 cm³/mol. The normalized spacial score (nSPS) is 25.9. The van der Waals surface area contributed by atoms with Gasteiger partial charge in [-0.1, -0.05) is 0 Å². The molecule has 24 heavy (non-hydrogen) atoms. The minimum Gasteiger partial charge on any atom is -0.391 e. The molecule has 0 unspecified atom stereocenters. The van der Waals surface area contributed by atoms with Crippen LogP contribution in [0.15, 0.2) is 24.3 Å². The van der Waals surface area contributed by atoms with Crippen LogP contribution in [0.1, 0.15) is 35.2 Å². The highest BCUT2D eigenvalue weighted by atomic mass is 19.4. The zero-order valence-corrected chi connectivity index (χ0v) is 13.3. The summed E-state index contributed by atoms with van der Waals surface area (Å²) in [5.74, 6) is -0.240. The van der Waals surface area contributed by atoms with Crippen molar-refractivity contribution in [3.63, 3.8) is 0 Å². The number of rotatable bonds is 2. The van der Waals surface area contributed by atoms with Gasteiger partial charge in [0.25, 0.3) is 5.91 Å². The molecule has 4 nitrogen and oxygen atoms in total. The summed E-state index contributed by atoms with van der Waals surface area (Å²) < 4.78 is 37.7. The molecule has 1 amide bonds. The second kappa shape index (κ2) is 6.72. The SMILES string of the molecule is O=C(c1ccc(C(F)(F)F)cc1)N1CCN([C@H]2CCC[C@H]2O)CC1. The van der Waals surface area contributed by atoms with Gasteiger partial charge >= 0.3 is 6.18 Å². The molecule has 1 N–H and O–H groups in total. The van der Waals surface area contributed by atoms with Gasteiger partial charge in [0.1, 0.15) is 0 Å². The Balaban J connectivity index is 1.59. The van der Waals surface area contributed by atoms with Crippen LogP contribution in [0.5, 0.6) is 0 Å². The van der Waals surface area contributed by atoms with Crippen molar-refractivity contribution in [2.24, 2.45) is 0 Å². The second-order valence-electron chi connectivity index (χ2n) is 6.47. The number of nitrogens with zero attached hydrogens (tertiary/aromatic N) is 2. The molecule has 0 aromatic heterocycles. The molecule has 2 fully saturated rings. The van der Waals surface area contributed by atoms with E-state index in [2.05, 4.69) is 4.90 Å². The lowest BCUT2D eigenvalue weighted by Gasteiger charge is -2.39. The van der Waals surface area contributed by atoms with Crippen LogP contribution >= 0.6 is 0 Å². The highest BCUT2D eigenvalue weighted by Crippen LogP contribution is 2.29. The van der Waals surface area contributed by atoms with E-state index in [1.165, 1.54) is 12.1 Å². The summed E-state index contributed by atoms with van der Waals surface area (Å²) in [6, 6.07) is 4.53. The Morgan fingerprint density at radius 2 is 1.67 bits per heavy atom. The number of aliphatic hydroxyl groups excluding tert-OH is 1. The summed E-state index contributed by atoms with van der Waals surface area (Å²) in [6.45, 7) is 2.44. The van der Waals surface area contributed by atoms with Crippen molar-refractivity contribution < 1.29 is 23.1 Å². The van der Waals surface area contributed by atoms with Crippen LogP contribution in [0.25, 0.3) is 0 Å². The molecule has 0 spiro atoms. The van der Waals surface area contributed by atoms with Gasteiger partial charge in [0.15, 0.2) is 0 Å².